The summed E-state index contributed by atoms with van der Waals surface area (Å²) in [6.07, 6.45) is 2.54. The fourth-order valence-corrected chi connectivity index (χ4v) is 2.53. The number of nitrogens with one attached hydrogen (secondary N) is 1. The van der Waals surface area contributed by atoms with E-state index >= 15 is 0 Å². The van der Waals surface area contributed by atoms with E-state index in [1.807, 2.05) is 45.0 Å². The van der Waals surface area contributed by atoms with E-state index in [-0.39, 0.29) is 6.09 Å². The van der Waals surface area contributed by atoms with E-state index in [1.165, 1.54) is 0 Å². The fourth-order valence-electron chi connectivity index (χ4n) is 2.53. The van der Waals surface area contributed by atoms with Crippen molar-refractivity contribution in [1.82, 2.24) is 10.2 Å². The first-order valence-corrected chi connectivity index (χ1v) is 8.44. The summed E-state index contributed by atoms with van der Waals surface area (Å²) in [4.78, 5) is 13.8. The molecule has 0 atom stereocenters. The Labute approximate surface area is 149 Å². The Balaban J connectivity index is 1.90. The van der Waals surface area contributed by atoms with Gasteiger partial charge in [-0.1, -0.05) is 0 Å². The van der Waals surface area contributed by atoms with Crippen molar-refractivity contribution in [3.63, 3.8) is 0 Å². The van der Waals surface area contributed by atoms with Crippen LogP contribution in [-0.2, 0) is 11.3 Å². The van der Waals surface area contributed by atoms with Crippen LogP contribution in [0.5, 0.6) is 11.5 Å². The predicted molar refractivity (Wildman–Crippen MR) is 96.9 cm³/mol. The molecule has 1 N–H and O–H groups in total. The van der Waals surface area contributed by atoms with Crippen LogP contribution in [0.2, 0.25) is 0 Å². The molecule has 1 aromatic carbocycles. The fraction of sp³-hybridized carbons (Fsp3) is 0.526. The molecule has 25 heavy (non-hydrogen) atoms. The first kappa shape index (κ1) is 19.0. The first-order valence-electron chi connectivity index (χ1n) is 8.44. The van der Waals surface area contributed by atoms with Crippen LogP contribution in [0.1, 0.15) is 32.8 Å². The number of hydrogen-bond acceptors (Lipinski definition) is 5. The SMILES string of the molecule is COc1ccc(CNC2=CCN(C(=O)OC(C)(C)C)CC2)c(OC)c1. The normalized spacial score (nSPS) is 14.6. The Morgan fingerprint density at radius 2 is 2.00 bits per heavy atom. The van der Waals surface area contributed by atoms with Gasteiger partial charge in [0.25, 0.3) is 0 Å². The molecule has 0 bridgehead atoms. The van der Waals surface area contributed by atoms with Crippen molar-refractivity contribution in [1.29, 1.82) is 0 Å². The van der Waals surface area contributed by atoms with Gasteiger partial charge in [0.2, 0.25) is 0 Å². The lowest BCUT2D eigenvalue weighted by atomic mass is 10.1. The predicted octanol–water partition coefficient (Wildman–Crippen LogP) is 3.32. The van der Waals surface area contributed by atoms with Gasteiger partial charge in [0.1, 0.15) is 17.1 Å². The second-order valence-electron chi connectivity index (χ2n) is 6.94. The average Bonchev–Trinajstić information content (AvgIpc) is 2.58. The van der Waals surface area contributed by atoms with Crippen molar-refractivity contribution in [2.75, 3.05) is 27.3 Å². The quantitative estimate of drug-likeness (QED) is 0.884. The van der Waals surface area contributed by atoms with Gasteiger partial charge < -0.3 is 24.4 Å². The average molecular weight is 348 g/mol. The zero-order valence-electron chi connectivity index (χ0n) is 15.7. The number of methoxy groups -OCH3 is 2. The lowest BCUT2D eigenvalue weighted by molar-refractivity contribution is 0.0264. The van der Waals surface area contributed by atoms with Crippen LogP contribution < -0.4 is 14.8 Å². The number of nitrogens with zero attached hydrogens (tertiary/aromatic N) is 1. The molecule has 2 rings (SSSR count). The molecule has 1 amide bonds. The summed E-state index contributed by atoms with van der Waals surface area (Å²) in [5, 5.41) is 3.42. The van der Waals surface area contributed by atoms with Crippen LogP contribution in [0, 0.1) is 0 Å². The van der Waals surface area contributed by atoms with Crippen molar-refractivity contribution < 1.29 is 19.0 Å². The smallest absolute Gasteiger partial charge is 0.410 e. The lowest BCUT2D eigenvalue weighted by Crippen LogP contribution is -2.40. The molecule has 6 nitrogen and oxygen atoms in total. The van der Waals surface area contributed by atoms with Crippen LogP contribution in [0.25, 0.3) is 0 Å². The zero-order chi connectivity index (χ0) is 18.4. The van der Waals surface area contributed by atoms with E-state index in [0.29, 0.717) is 19.6 Å². The van der Waals surface area contributed by atoms with E-state index in [1.54, 1.807) is 19.1 Å². The molecule has 0 spiro atoms. The lowest BCUT2D eigenvalue weighted by Gasteiger charge is -2.29. The Bertz CT molecular complexity index is 635. The molecule has 0 radical (unpaired) electrons. The van der Waals surface area contributed by atoms with Gasteiger partial charge in [-0.2, -0.15) is 0 Å². The minimum Gasteiger partial charge on any atom is -0.497 e. The second kappa shape index (κ2) is 8.14. The Morgan fingerprint density at radius 3 is 2.56 bits per heavy atom. The van der Waals surface area contributed by atoms with Crippen LogP contribution in [0.15, 0.2) is 30.0 Å². The monoisotopic (exact) mass is 348 g/mol. The third-order valence-corrected chi connectivity index (χ3v) is 3.86. The highest BCUT2D eigenvalue weighted by atomic mass is 16.6. The molecule has 1 heterocycles. The number of hydrogen-bond donors (Lipinski definition) is 1. The Morgan fingerprint density at radius 1 is 1.24 bits per heavy atom. The van der Waals surface area contributed by atoms with Crippen LogP contribution >= 0.6 is 0 Å². The summed E-state index contributed by atoms with van der Waals surface area (Å²) >= 11 is 0. The molecule has 1 aliphatic rings. The van der Waals surface area contributed by atoms with Crippen molar-refractivity contribution in [2.24, 2.45) is 0 Å². The number of rotatable bonds is 5. The van der Waals surface area contributed by atoms with E-state index in [0.717, 1.165) is 29.2 Å². The van der Waals surface area contributed by atoms with Crippen LogP contribution in [0.3, 0.4) is 0 Å². The molecule has 0 saturated carbocycles. The van der Waals surface area contributed by atoms with Gasteiger partial charge in [-0.25, -0.2) is 4.79 Å². The van der Waals surface area contributed by atoms with Gasteiger partial charge in [0.15, 0.2) is 0 Å². The minimum absolute atomic E-state index is 0.264. The van der Waals surface area contributed by atoms with Gasteiger partial charge in [-0.15, -0.1) is 0 Å². The minimum atomic E-state index is -0.468. The summed E-state index contributed by atoms with van der Waals surface area (Å²) in [5.74, 6) is 1.56. The van der Waals surface area contributed by atoms with Gasteiger partial charge in [0, 0.05) is 43.4 Å². The van der Waals surface area contributed by atoms with Crippen LogP contribution in [0.4, 0.5) is 4.79 Å². The molecular formula is C19H28N2O4. The molecule has 0 aliphatic carbocycles. The van der Waals surface area contributed by atoms with Gasteiger partial charge >= 0.3 is 6.09 Å². The van der Waals surface area contributed by atoms with Crippen molar-refractivity contribution in [2.45, 2.75) is 39.3 Å². The first-order chi connectivity index (χ1) is 11.8. The summed E-state index contributed by atoms with van der Waals surface area (Å²) in [5.41, 5.74) is 1.71. The number of benzene rings is 1. The third-order valence-electron chi connectivity index (χ3n) is 3.86. The standard InChI is InChI=1S/C19H28N2O4/c1-19(2,3)25-18(22)21-10-8-15(9-11-21)20-13-14-6-7-16(23-4)12-17(14)24-5/h6-8,12,20H,9-11,13H2,1-5H3. The highest BCUT2D eigenvalue weighted by Gasteiger charge is 2.23. The number of ether oxygens (including phenoxy) is 3. The molecular weight excluding hydrogens is 320 g/mol. The molecule has 0 saturated heterocycles. The summed E-state index contributed by atoms with van der Waals surface area (Å²) in [6.45, 7) is 7.48. The van der Waals surface area contributed by atoms with E-state index < -0.39 is 5.60 Å². The molecule has 138 valence electrons. The highest BCUT2D eigenvalue weighted by Crippen LogP contribution is 2.25. The Hall–Kier alpha value is -2.37. The number of amides is 1. The third kappa shape index (κ3) is 5.59. The molecule has 1 aliphatic heterocycles. The molecule has 1 aromatic rings. The largest absolute Gasteiger partial charge is 0.497 e. The van der Waals surface area contributed by atoms with Crippen LogP contribution in [-0.4, -0.2) is 43.9 Å². The van der Waals surface area contributed by atoms with E-state index in [2.05, 4.69) is 5.32 Å². The van der Waals surface area contributed by atoms with Crippen molar-refractivity contribution in [3.8, 4) is 11.5 Å². The second-order valence-corrected chi connectivity index (χ2v) is 6.94. The molecule has 0 unspecified atom stereocenters. The maximum Gasteiger partial charge on any atom is 0.410 e. The van der Waals surface area contributed by atoms with E-state index in [9.17, 15) is 4.79 Å². The summed E-state index contributed by atoms with van der Waals surface area (Å²) in [6, 6.07) is 5.77. The molecule has 6 heteroatoms. The summed E-state index contributed by atoms with van der Waals surface area (Å²) < 4.78 is 16.0. The number of carbonyl (C=O) groups excluding carboxylic acids is 1. The van der Waals surface area contributed by atoms with Gasteiger partial charge in [0.05, 0.1) is 14.2 Å². The highest BCUT2D eigenvalue weighted by molar-refractivity contribution is 5.68. The van der Waals surface area contributed by atoms with E-state index in [4.69, 9.17) is 14.2 Å². The molecule has 0 fully saturated rings. The number of carbonyl (C=O) groups is 1. The maximum absolute atomic E-state index is 12.1. The van der Waals surface area contributed by atoms with Gasteiger partial charge in [-0.05, 0) is 39.0 Å². The summed E-state index contributed by atoms with van der Waals surface area (Å²) in [7, 11) is 3.28. The van der Waals surface area contributed by atoms with Crippen molar-refractivity contribution >= 4 is 6.09 Å². The van der Waals surface area contributed by atoms with Crippen molar-refractivity contribution in [3.05, 3.63) is 35.5 Å². The Kier molecular flexibility index (Phi) is 6.17. The topological polar surface area (TPSA) is 60.0 Å². The molecule has 0 aromatic heterocycles. The zero-order valence-corrected chi connectivity index (χ0v) is 15.7. The maximum atomic E-state index is 12.1. The van der Waals surface area contributed by atoms with Gasteiger partial charge in [-0.3, -0.25) is 0 Å².